The summed E-state index contributed by atoms with van der Waals surface area (Å²) in [4.78, 5) is 11.6. The first-order valence-electron chi connectivity index (χ1n) is 6.51. The van der Waals surface area contributed by atoms with Crippen molar-refractivity contribution in [3.8, 4) is 0 Å². The molecule has 0 aromatic carbocycles. The van der Waals surface area contributed by atoms with Crippen LogP contribution < -0.4 is 11.1 Å². The van der Waals surface area contributed by atoms with E-state index in [-0.39, 0.29) is 17.9 Å². The maximum Gasteiger partial charge on any atom is 0.222 e. The van der Waals surface area contributed by atoms with Gasteiger partial charge in [-0.3, -0.25) is 4.79 Å². The second-order valence-electron chi connectivity index (χ2n) is 5.49. The molecule has 100 valence electrons. The minimum atomic E-state index is -0.175. The van der Waals surface area contributed by atoms with Crippen molar-refractivity contribution in [2.24, 2.45) is 23.5 Å². The maximum absolute atomic E-state index is 11.6. The Hall–Kier alpha value is -0.610. The van der Waals surface area contributed by atoms with Gasteiger partial charge in [-0.05, 0) is 31.6 Å². The number of rotatable bonds is 5. The molecule has 17 heavy (non-hydrogen) atoms. The highest BCUT2D eigenvalue weighted by Gasteiger charge is 2.39. The van der Waals surface area contributed by atoms with E-state index in [1.54, 1.807) is 7.11 Å². The number of primary amides is 1. The molecule has 1 fully saturated rings. The van der Waals surface area contributed by atoms with Crippen LogP contribution in [0.1, 0.15) is 33.6 Å². The van der Waals surface area contributed by atoms with Crippen molar-refractivity contribution in [2.45, 2.75) is 45.7 Å². The Morgan fingerprint density at radius 2 is 2.18 bits per heavy atom. The second kappa shape index (κ2) is 6.36. The van der Waals surface area contributed by atoms with E-state index in [1.165, 1.54) is 0 Å². The topological polar surface area (TPSA) is 64.3 Å². The van der Waals surface area contributed by atoms with Crippen molar-refractivity contribution in [3.05, 3.63) is 0 Å². The lowest BCUT2D eigenvalue weighted by Crippen LogP contribution is -2.56. The molecule has 5 unspecified atom stereocenters. The lowest BCUT2D eigenvalue weighted by atomic mass is 9.74. The quantitative estimate of drug-likeness (QED) is 0.760. The fourth-order valence-corrected chi connectivity index (χ4v) is 3.02. The zero-order valence-corrected chi connectivity index (χ0v) is 11.4. The van der Waals surface area contributed by atoms with Crippen LogP contribution in [0.15, 0.2) is 0 Å². The van der Waals surface area contributed by atoms with E-state index in [1.807, 2.05) is 0 Å². The summed E-state index contributed by atoms with van der Waals surface area (Å²) < 4.78 is 5.11. The standard InChI is InChI=1S/C13H26N2O2/c1-8(5-6-17-4)12-11(13(14)16)9(2)7-10(3)15-12/h8-12,15H,5-7H2,1-4H3,(H2,14,16). The zero-order chi connectivity index (χ0) is 13.0. The maximum atomic E-state index is 11.6. The first-order valence-corrected chi connectivity index (χ1v) is 6.51. The van der Waals surface area contributed by atoms with Gasteiger partial charge >= 0.3 is 0 Å². The Labute approximate surface area is 104 Å². The predicted molar refractivity (Wildman–Crippen MR) is 68.5 cm³/mol. The first-order chi connectivity index (χ1) is 7.97. The molecule has 0 saturated carbocycles. The number of carbonyl (C=O) groups excluding carboxylic acids is 1. The molecule has 4 nitrogen and oxygen atoms in total. The van der Waals surface area contributed by atoms with Crippen molar-refractivity contribution in [2.75, 3.05) is 13.7 Å². The third-order valence-electron chi connectivity index (χ3n) is 3.92. The lowest BCUT2D eigenvalue weighted by molar-refractivity contribution is -0.126. The van der Waals surface area contributed by atoms with Gasteiger partial charge in [0.05, 0.1) is 5.92 Å². The van der Waals surface area contributed by atoms with Gasteiger partial charge in [0.15, 0.2) is 0 Å². The summed E-state index contributed by atoms with van der Waals surface area (Å²) in [5.41, 5.74) is 5.55. The van der Waals surface area contributed by atoms with E-state index in [0.29, 0.717) is 17.9 Å². The molecule has 1 heterocycles. The Morgan fingerprint density at radius 1 is 1.53 bits per heavy atom. The molecule has 5 atom stereocenters. The van der Waals surface area contributed by atoms with Crippen LogP contribution in [0.3, 0.4) is 0 Å². The van der Waals surface area contributed by atoms with Gasteiger partial charge < -0.3 is 15.8 Å². The molecule has 1 aliphatic heterocycles. The molecule has 3 N–H and O–H groups in total. The summed E-state index contributed by atoms with van der Waals surface area (Å²) >= 11 is 0. The average molecular weight is 242 g/mol. The van der Waals surface area contributed by atoms with Gasteiger partial charge in [0.25, 0.3) is 0 Å². The van der Waals surface area contributed by atoms with Crippen LogP contribution in [0.5, 0.6) is 0 Å². The normalized spacial score (nSPS) is 35.5. The number of piperidine rings is 1. The number of ether oxygens (including phenoxy) is 1. The second-order valence-corrected chi connectivity index (χ2v) is 5.49. The Bertz CT molecular complexity index is 258. The molecule has 4 heteroatoms. The summed E-state index contributed by atoms with van der Waals surface area (Å²) in [6.45, 7) is 7.19. The van der Waals surface area contributed by atoms with Crippen LogP contribution in [0.4, 0.5) is 0 Å². The summed E-state index contributed by atoms with van der Waals surface area (Å²) in [6, 6.07) is 0.636. The fraction of sp³-hybridized carbons (Fsp3) is 0.923. The molecule has 1 rings (SSSR count). The number of nitrogens with two attached hydrogens (primary N) is 1. The Kier molecular flexibility index (Phi) is 5.40. The minimum Gasteiger partial charge on any atom is -0.385 e. The Morgan fingerprint density at radius 3 is 2.71 bits per heavy atom. The number of carbonyl (C=O) groups is 1. The average Bonchev–Trinajstić information content (AvgIpc) is 2.23. The van der Waals surface area contributed by atoms with E-state index >= 15 is 0 Å². The predicted octanol–water partition coefficient (Wildman–Crippen LogP) is 1.15. The smallest absolute Gasteiger partial charge is 0.222 e. The lowest BCUT2D eigenvalue weighted by Gasteiger charge is -2.42. The number of methoxy groups -OCH3 is 1. The molecule has 0 spiro atoms. The molecular formula is C13H26N2O2. The largest absolute Gasteiger partial charge is 0.385 e. The van der Waals surface area contributed by atoms with E-state index < -0.39 is 0 Å². The zero-order valence-electron chi connectivity index (χ0n) is 11.4. The molecule has 1 saturated heterocycles. The summed E-state index contributed by atoms with van der Waals surface area (Å²) in [5, 5.41) is 3.53. The van der Waals surface area contributed by atoms with Gasteiger partial charge in [0.2, 0.25) is 5.91 Å². The first kappa shape index (κ1) is 14.5. The number of hydrogen-bond donors (Lipinski definition) is 2. The summed E-state index contributed by atoms with van der Waals surface area (Å²) in [7, 11) is 1.71. The van der Waals surface area contributed by atoms with Crippen molar-refractivity contribution < 1.29 is 9.53 Å². The van der Waals surface area contributed by atoms with Crippen LogP contribution in [-0.2, 0) is 9.53 Å². The van der Waals surface area contributed by atoms with Crippen LogP contribution >= 0.6 is 0 Å². The minimum absolute atomic E-state index is 0.0574. The fourth-order valence-electron chi connectivity index (χ4n) is 3.02. The highest BCUT2D eigenvalue weighted by Crippen LogP contribution is 2.31. The summed E-state index contributed by atoms with van der Waals surface area (Å²) in [5.74, 6) is 0.528. The molecule has 0 aliphatic carbocycles. The molecule has 0 aromatic rings. The summed E-state index contributed by atoms with van der Waals surface area (Å²) in [6.07, 6.45) is 1.97. The van der Waals surface area contributed by atoms with E-state index in [4.69, 9.17) is 10.5 Å². The number of hydrogen-bond acceptors (Lipinski definition) is 3. The van der Waals surface area contributed by atoms with Crippen molar-refractivity contribution in [3.63, 3.8) is 0 Å². The third-order valence-corrected chi connectivity index (χ3v) is 3.92. The van der Waals surface area contributed by atoms with Gasteiger partial charge in [-0.2, -0.15) is 0 Å². The van der Waals surface area contributed by atoms with Crippen LogP contribution in [0.2, 0.25) is 0 Å². The third kappa shape index (κ3) is 3.68. The highest BCUT2D eigenvalue weighted by molar-refractivity contribution is 5.78. The van der Waals surface area contributed by atoms with Gasteiger partial charge in [-0.15, -0.1) is 0 Å². The molecule has 0 bridgehead atoms. The van der Waals surface area contributed by atoms with E-state index in [9.17, 15) is 4.79 Å². The number of nitrogens with one attached hydrogen (secondary N) is 1. The molecule has 1 amide bonds. The Balaban J connectivity index is 2.72. The van der Waals surface area contributed by atoms with Crippen molar-refractivity contribution in [1.29, 1.82) is 0 Å². The highest BCUT2D eigenvalue weighted by atomic mass is 16.5. The van der Waals surface area contributed by atoms with Gasteiger partial charge in [-0.1, -0.05) is 13.8 Å². The van der Waals surface area contributed by atoms with Crippen molar-refractivity contribution >= 4 is 5.91 Å². The van der Waals surface area contributed by atoms with E-state index in [2.05, 4.69) is 26.1 Å². The SMILES string of the molecule is COCCC(C)C1NC(C)CC(C)C1C(N)=O. The van der Waals surface area contributed by atoms with Gasteiger partial charge in [0.1, 0.15) is 0 Å². The monoisotopic (exact) mass is 242 g/mol. The van der Waals surface area contributed by atoms with Crippen molar-refractivity contribution in [1.82, 2.24) is 5.32 Å². The van der Waals surface area contributed by atoms with Crippen LogP contribution in [0, 0.1) is 17.8 Å². The molecule has 0 radical (unpaired) electrons. The van der Waals surface area contributed by atoms with Crippen LogP contribution in [-0.4, -0.2) is 31.7 Å². The van der Waals surface area contributed by atoms with Gasteiger partial charge in [0, 0.05) is 25.8 Å². The van der Waals surface area contributed by atoms with E-state index in [0.717, 1.165) is 19.4 Å². The molecule has 0 aromatic heterocycles. The van der Waals surface area contributed by atoms with Gasteiger partial charge in [-0.25, -0.2) is 0 Å². The molecule has 1 aliphatic rings. The van der Waals surface area contributed by atoms with Crippen LogP contribution in [0.25, 0.3) is 0 Å². The molecular weight excluding hydrogens is 216 g/mol. The number of amides is 1.